The number of halogens is 1. The van der Waals surface area contributed by atoms with Gasteiger partial charge in [0.15, 0.2) is 5.16 Å². The summed E-state index contributed by atoms with van der Waals surface area (Å²) >= 11 is 7.31. The predicted molar refractivity (Wildman–Crippen MR) is 131 cm³/mol. The van der Waals surface area contributed by atoms with Crippen LogP contribution in [0.4, 0.5) is 0 Å². The highest BCUT2D eigenvalue weighted by Crippen LogP contribution is 2.21. The number of fused-ring (bicyclic) bond motifs is 1. The maximum atomic E-state index is 13.0. The lowest BCUT2D eigenvalue weighted by molar-refractivity contribution is -0.118. The van der Waals surface area contributed by atoms with Gasteiger partial charge in [0.1, 0.15) is 0 Å². The molecule has 1 N–H and O–H groups in total. The van der Waals surface area contributed by atoms with E-state index in [1.807, 2.05) is 0 Å². The molecule has 0 aliphatic heterocycles. The highest BCUT2D eigenvalue weighted by atomic mass is 35.5. The number of methoxy groups -OCH3 is 1. The smallest absolute Gasteiger partial charge is 0.337 e. The summed E-state index contributed by atoms with van der Waals surface area (Å²) in [6.45, 7) is 2.98. The third kappa shape index (κ3) is 6.58. The number of thioether (sulfide) groups is 1. The van der Waals surface area contributed by atoms with Gasteiger partial charge < -0.3 is 10.1 Å². The van der Waals surface area contributed by atoms with Gasteiger partial charge in [-0.2, -0.15) is 0 Å². The van der Waals surface area contributed by atoms with E-state index in [2.05, 4.69) is 22.0 Å². The first-order valence-corrected chi connectivity index (χ1v) is 12.1. The van der Waals surface area contributed by atoms with Gasteiger partial charge in [0, 0.05) is 18.1 Å². The molecule has 0 fully saturated rings. The van der Waals surface area contributed by atoms with Gasteiger partial charge in [0.25, 0.3) is 5.56 Å². The molecular formula is C24H26ClN3O4S. The van der Waals surface area contributed by atoms with Gasteiger partial charge in [-0.1, -0.05) is 55.3 Å². The molecule has 0 radical (unpaired) electrons. The zero-order valence-corrected chi connectivity index (χ0v) is 20.2. The van der Waals surface area contributed by atoms with Crippen molar-refractivity contribution in [3.8, 4) is 0 Å². The summed E-state index contributed by atoms with van der Waals surface area (Å²) in [5, 5.41) is 4.37. The van der Waals surface area contributed by atoms with Gasteiger partial charge in [0.05, 0.1) is 29.3 Å². The Morgan fingerprint density at radius 1 is 1.15 bits per heavy atom. The fraction of sp³-hybridized carbons (Fsp3) is 0.333. The Labute approximate surface area is 201 Å². The van der Waals surface area contributed by atoms with Crippen molar-refractivity contribution in [3.05, 3.63) is 69.0 Å². The van der Waals surface area contributed by atoms with E-state index >= 15 is 0 Å². The number of rotatable bonds is 10. The molecule has 1 amide bonds. The molecule has 174 valence electrons. The molecular weight excluding hydrogens is 462 g/mol. The van der Waals surface area contributed by atoms with Gasteiger partial charge in [-0.15, -0.1) is 0 Å². The first-order chi connectivity index (χ1) is 15.9. The zero-order chi connectivity index (χ0) is 23.8. The lowest BCUT2D eigenvalue weighted by Gasteiger charge is -2.13. The van der Waals surface area contributed by atoms with Crippen molar-refractivity contribution < 1.29 is 14.3 Å². The van der Waals surface area contributed by atoms with Crippen LogP contribution in [0, 0.1) is 0 Å². The number of hydrogen-bond acceptors (Lipinski definition) is 6. The normalized spacial score (nSPS) is 10.9. The molecule has 1 heterocycles. The third-order valence-corrected chi connectivity index (χ3v) is 6.28. The Kier molecular flexibility index (Phi) is 8.91. The number of carbonyl (C=O) groups is 2. The van der Waals surface area contributed by atoms with Crippen LogP contribution in [0.25, 0.3) is 10.9 Å². The molecule has 7 nitrogen and oxygen atoms in total. The monoisotopic (exact) mass is 487 g/mol. The van der Waals surface area contributed by atoms with Crippen molar-refractivity contribution in [1.82, 2.24) is 14.9 Å². The fourth-order valence-electron chi connectivity index (χ4n) is 3.26. The molecule has 0 unspecified atom stereocenters. The van der Waals surface area contributed by atoms with Gasteiger partial charge >= 0.3 is 5.97 Å². The number of hydrogen-bond donors (Lipinski definition) is 1. The Morgan fingerprint density at radius 3 is 2.61 bits per heavy atom. The van der Waals surface area contributed by atoms with Crippen molar-refractivity contribution in [1.29, 1.82) is 0 Å². The average Bonchev–Trinajstić information content (AvgIpc) is 2.82. The summed E-state index contributed by atoms with van der Waals surface area (Å²) in [7, 11) is 1.33. The van der Waals surface area contributed by atoms with E-state index in [1.165, 1.54) is 18.9 Å². The predicted octanol–water partition coefficient (Wildman–Crippen LogP) is 4.44. The number of amides is 1. The van der Waals surface area contributed by atoms with Gasteiger partial charge in [-0.25, -0.2) is 9.78 Å². The third-order valence-electron chi connectivity index (χ3n) is 5.06. The number of esters is 1. The standard InChI is InChI=1S/C24H26ClN3O4S/c1-3-4-5-12-28-22(30)19-11-10-18(25)13-20(19)27-24(28)33-15-21(29)26-14-16-6-8-17(9-7-16)23(31)32-2/h6-11,13H,3-5,12,14-15H2,1-2H3,(H,26,29). The van der Waals surface area contributed by atoms with E-state index < -0.39 is 5.97 Å². The van der Waals surface area contributed by atoms with Gasteiger partial charge in [-0.05, 0) is 42.3 Å². The number of unbranched alkanes of at least 4 members (excludes halogenated alkanes) is 2. The largest absolute Gasteiger partial charge is 0.465 e. The average molecular weight is 488 g/mol. The van der Waals surface area contributed by atoms with Crippen molar-refractivity contribution in [2.75, 3.05) is 12.9 Å². The van der Waals surface area contributed by atoms with Crippen LogP contribution >= 0.6 is 23.4 Å². The number of aromatic nitrogens is 2. The lowest BCUT2D eigenvalue weighted by atomic mass is 10.1. The topological polar surface area (TPSA) is 90.3 Å². The summed E-state index contributed by atoms with van der Waals surface area (Å²) < 4.78 is 6.33. The highest BCUT2D eigenvalue weighted by molar-refractivity contribution is 7.99. The molecule has 0 spiro atoms. The van der Waals surface area contributed by atoms with Crippen molar-refractivity contribution in [2.45, 2.75) is 44.4 Å². The quantitative estimate of drug-likeness (QED) is 0.197. The summed E-state index contributed by atoms with van der Waals surface area (Å²) in [6.07, 6.45) is 2.90. The second kappa shape index (κ2) is 11.9. The zero-order valence-electron chi connectivity index (χ0n) is 18.6. The first-order valence-electron chi connectivity index (χ1n) is 10.7. The van der Waals surface area contributed by atoms with Gasteiger partial charge in [-0.3, -0.25) is 14.2 Å². The Hall–Kier alpha value is -2.84. The number of nitrogens with one attached hydrogen (secondary N) is 1. The molecule has 0 saturated heterocycles. The van der Waals surface area contributed by atoms with E-state index in [9.17, 15) is 14.4 Å². The minimum atomic E-state index is -0.406. The highest BCUT2D eigenvalue weighted by Gasteiger charge is 2.14. The molecule has 0 aliphatic rings. The van der Waals surface area contributed by atoms with E-state index in [0.29, 0.717) is 39.7 Å². The van der Waals surface area contributed by atoms with E-state index in [4.69, 9.17) is 11.6 Å². The van der Waals surface area contributed by atoms with Crippen molar-refractivity contribution in [3.63, 3.8) is 0 Å². The minimum Gasteiger partial charge on any atom is -0.465 e. The number of nitrogens with zero attached hydrogens (tertiary/aromatic N) is 2. The second-order valence-electron chi connectivity index (χ2n) is 7.47. The van der Waals surface area contributed by atoms with Crippen molar-refractivity contribution >= 4 is 46.1 Å². The summed E-state index contributed by atoms with van der Waals surface area (Å²) in [5.41, 5.74) is 1.71. The van der Waals surface area contributed by atoms with Crippen LogP contribution in [0.15, 0.2) is 52.4 Å². The molecule has 0 saturated carbocycles. The lowest BCUT2D eigenvalue weighted by Crippen LogP contribution is -2.27. The van der Waals surface area contributed by atoms with Crippen LogP contribution in [0.3, 0.4) is 0 Å². The molecule has 0 aliphatic carbocycles. The molecule has 3 rings (SSSR count). The first kappa shape index (κ1) is 24.8. The van der Waals surface area contributed by atoms with Crippen molar-refractivity contribution in [2.24, 2.45) is 0 Å². The fourth-order valence-corrected chi connectivity index (χ4v) is 4.28. The second-order valence-corrected chi connectivity index (χ2v) is 8.85. The van der Waals surface area contributed by atoms with E-state index in [-0.39, 0.29) is 17.2 Å². The van der Waals surface area contributed by atoms with E-state index in [1.54, 1.807) is 47.0 Å². The van der Waals surface area contributed by atoms with Crippen LogP contribution in [0.5, 0.6) is 0 Å². The van der Waals surface area contributed by atoms with Crippen LogP contribution in [-0.4, -0.2) is 34.3 Å². The molecule has 0 bridgehead atoms. The summed E-state index contributed by atoms with van der Waals surface area (Å²) in [4.78, 5) is 41.6. The Morgan fingerprint density at radius 2 is 1.91 bits per heavy atom. The molecule has 33 heavy (non-hydrogen) atoms. The molecule has 2 aromatic carbocycles. The summed E-state index contributed by atoms with van der Waals surface area (Å²) in [5.74, 6) is -0.472. The maximum Gasteiger partial charge on any atom is 0.337 e. The van der Waals surface area contributed by atoms with Crippen LogP contribution in [0.1, 0.15) is 42.1 Å². The molecule has 3 aromatic rings. The number of benzene rings is 2. The Balaban J connectivity index is 1.68. The minimum absolute atomic E-state index is 0.118. The van der Waals surface area contributed by atoms with Crippen LogP contribution < -0.4 is 10.9 Å². The molecule has 0 atom stereocenters. The Bertz CT molecular complexity index is 1190. The SMILES string of the molecule is CCCCCn1c(SCC(=O)NCc2ccc(C(=O)OC)cc2)nc2cc(Cl)ccc2c1=O. The van der Waals surface area contributed by atoms with Crippen LogP contribution in [0.2, 0.25) is 5.02 Å². The maximum absolute atomic E-state index is 13.0. The molecule has 9 heteroatoms. The number of carbonyl (C=O) groups excluding carboxylic acids is 2. The number of ether oxygens (including phenoxy) is 1. The van der Waals surface area contributed by atoms with E-state index in [0.717, 1.165) is 24.8 Å². The van der Waals surface area contributed by atoms with Gasteiger partial charge in [0.2, 0.25) is 5.91 Å². The molecule has 1 aromatic heterocycles. The summed E-state index contributed by atoms with van der Waals surface area (Å²) in [6, 6.07) is 11.9. The van der Waals surface area contributed by atoms with Crippen LogP contribution in [-0.2, 0) is 22.6 Å².